The normalized spacial score (nSPS) is 10.6. The molecule has 2 aromatic rings. The molecule has 2 rings (SSSR count). The van der Waals surface area contributed by atoms with E-state index < -0.39 is 5.97 Å². The fraction of sp³-hybridized carbons (Fsp3) is 0.300. The minimum Gasteiger partial charge on any atom is -0.481 e. The van der Waals surface area contributed by atoms with E-state index >= 15 is 0 Å². The standard InChI is InChI=1S/C10H12N4O2/c1-13-6-9(11-7-13)14-5-8(4-12-14)2-3-10(15)16/h4-7H,2-3H2,1H3,(H,15,16). The lowest BCUT2D eigenvalue weighted by atomic mass is 10.2. The summed E-state index contributed by atoms with van der Waals surface area (Å²) in [7, 11) is 1.88. The van der Waals surface area contributed by atoms with Gasteiger partial charge in [-0.1, -0.05) is 0 Å². The number of carbonyl (C=O) groups is 1. The lowest BCUT2D eigenvalue weighted by Crippen LogP contribution is -1.97. The van der Waals surface area contributed by atoms with E-state index in [4.69, 9.17) is 5.11 Å². The van der Waals surface area contributed by atoms with Crippen molar-refractivity contribution >= 4 is 5.97 Å². The number of imidazole rings is 1. The summed E-state index contributed by atoms with van der Waals surface area (Å²) >= 11 is 0. The number of carboxylic acids is 1. The molecule has 0 amide bonds. The molecular weight excluding hydrogens is 208 g/mol. The summed E-state index contributed by atoms with van der Waals surface area (Å²) < 4.78 is 3.46. The molecule has 2 heterocycles. The lowest BCUT2D eigenvalue weighted by molar-refractivity contribution is -0.136. The first-order chi connectivity index (χ1) is 7.65. The van der Waals surface area contributed by atoms with Crippen molar-refractivity contribution in [1.82, 2.24) is 19.3 Å². The second-order valence-electron chi connectivity index (χ2n) is 3.58. The van der Waals surface area contributed by atoms with Gasteiger partial charge >= 0.3 is 5.97 Å². The fourth-order valence-corrected chi connectivity index (χ4v) is 1.38. The predicted octanol–water partition coefficient (Wildman–Crippen LogP) is 0.623. The number of aliphatic carboxylic acids is 1. The maximum atomic E-state index is 10.4. The summed E-state index contributed by atoms with van der Waals surface area (Å²) in [6.45, 7) is 0. The van der Waals surface area contributed by atoms with Gasteiger partial charge in [0, 0.05) is 25.9 Å². The molecule has 0 fully saturated rings. The third kappa shape index (κ3) is 2.28. The first-order valence-corrected chi connectivity index (χ1v) is 4.89. The topological polar surface area (TPSA) is 72.9 Å². The quantitative estimate of drug-likeness (QED) is 0.819. The molecule has 2 aromatic heterocycles. The van der Waals surface area contributed by atoms with Gasteiger partial charge in [0.2, 0.25) is 0 Å². The predicted molar refractivity (Wildman–Crippen MR) is 56.3 cm³/mol. The molecule has 84 valence electrons. The number of hydrogen-bond acceptors (Lipinski definition) is 3. The Hall–Kier alpha value is -2.11. The van der Waals surface area contributed by atoms with Gasteiger partial charge in [0.05, 0.1) is 12.5 Å². The van der Waals surface area contributed by atoms with Crippen LogP contribution in [0.2, 0.25) is 0 Å². The zero-order chi connectivity index (χ0) is 11.5. The van der Waals surface area contributed by atoms with Crippen LogP contribution >= 0.6 is 0 Å². The highest BCUT2D eigenvalue weighted by Crippen LogP contribution is 2.07. The van der Waals surface area contributed by atoms with Crippen molar-refractivity contribution in [1.29, 1.82) is 0 Å². The van der Waals surface area contributed by atoms with Crippen LogP contribution in [-0.4, -0.2) is 30.4 Å². The van der Waals surface area contributed by atoms with E-state index in [9.17, 15) is 4.79 Å². The molecule has 0 spiro atoms. The molecule has 0 aliphatic carbocycles. The van der Waals surface area contributed by atoms with Gasteiger partial charge in [0.15, 0.2) is 5.82 Å². The van der Waals surface area contributed by atoms with Crippen molar-refractivity contribution in [2.45, 2.75) is 12.8 Å². The molecule has 0 aliphatic rings. The number of aromatic nitrogens is 4. The third-order valence-electron chi connectivity index (χ3n) is 2.19. The van der Waals surface area contributed by atoms with Crippen LogP contribution in [0, 0.1) is 0 Å². The van der Waals surface area contributed by atoms with Gasteiger partial charge in [-0.05, 0) is 12.0 Å². The Kier molecular flexibility index (Phi) is 2.72. The van der Waals surface area contributed by atoms with E-state index in [0.717, 1.165) is 11.4 Å². The highest BCUT2D eigenvalue weighted by Gasteiger charge is 2.04. The van der Waals surface area contributed by atoms with E-state index in [1.807, 2.05) is 17.8 Å². The monoisotopic (exact) mass is 220 g/mol. The zero-order valence-electron chi connectivity index (χ0n) is 8.87. The highest BCUT2D eigenvalue weighted by molar-refractivity contribution is 5.67. The van der Waals surface area contributed by atoms with Crippen LogP contribution < -0.4 is 0 Å². The van der Waals surface area contributed by atoms with Crippen molar-refractivity contribution in [2.75, 3.05) is 0 Å². The molecular formula is C10H12N4O2. The van der Waals surface area contributed by atoms with Gasteiger partial charge in [-0.25, -0.2) is 9.67 Å². The molecule has 1 N–H and O–H groups in total. The van der Waals surface area contributed by atoms with Gasteiger partial charge in [0.25, 0.3) is 0 Å². The van der Waals surface area contributed by atoms with Crippen LogP contribution in [0.25, 0.3) is 5.82 Å². The Morgan fingerprint density at radius 3 is 2.94 bits per heavy atom. The molecule has 0 saturated heterocycles. The fourth-order valence-electron chi connectivity index (χ4n) is 1.38. The number of carboxylic acid groups (broad SMARTS) is 1. The van der Waals surface area contributed by atoms with Crippen molar-refractivity contribution in [3.63, 3.8) is 0 Å². The van der Waals surface area contributed by atoms with E-state index in [1.54, 1.807) is 23.4 Å². The molecule has 16 heavy (non-hydrogen) atoms. The van der Waals surface area contributed by atoms with Crippen molar-refractivity contribution in [2.24, 2.45) is 7.05 Å². The molecule has 0 bridgehead atoms. The summed E-state index contributed by atoms with van der Waals surface area (Å²) in [6.07, 6.45) is 7.60. The van der Waals surface area contributed by atoms with E-state index in [2.05, 4.69) is 10.1 Å². The SMILES string of the molecule is Cn1cnc(-n2cc(CCC(=O)O)cn2)c1. The number of nitrogens with zero attached hydrogens (tertiary/aromatic N) is 4. The first-order valence-electron chi connectivity index (χ1n) is 4.89. The summed E-state index contributed by atoms with van der Waals surface area (Å²) in [5.41, 5.74) is 0.896. The summed E-state index contributed by atoms with van der Waals surface area (Å²) in [4.78, 5) is 14.6. The number of rotatable bonds is 4. The number of aryl methyl sites for hydroxylation is 2. The van der Waals surface area contributed by atoms with Crippen LogP contribution in [0.3, 0.4) is 0 Å². The summed E-state index contributed by atoms with van der Waals surface area (Å²) in [6, 6.07) is 0. The molecule has 6 heteroatoms. The molecule has 0 unspecified atom stereocenters. The van der Waals surface area contributed by atoms with Crippen LogP contribution in [0.1, 0.15) is 12.0 Å². The molecule has 0 aromatic carbocycles. The molecule has 0 saturated carbocycles. The highest BCUT2D eigenvalue weighted by atomic mass is 16.4. The Morgan fingerprint density at radius 1 is 1.50 bits per heavy atom. The van der Waals surface area contributed by atoms with Crippen LogP contribution in [0.4, 0.5) is 0 Å². The van der Waals surface area contributed by atoms with Gasteiger partial charge in [-0.15, -0.1) is 0 Å². The van der Waals surface area contributed by atoms with Crippen LogP contribution in [0.15, 0.2) is 24.9 Å². The van der Waals surface area contributed by atoms with E-state index in [0.29, 0.717) is 6.42 Å². The molecule has 0 aliphatic heterocycles. The second-order valence-corrected chi connectivity index (χ2v) is 3.58. The Bertz CT molecular complexity index is 500. The minimum atomic E-state index is -0.800. The minimum absolute atomic E-state index is 0.119. The zero-order valence-corrected chi connectivity index (χ0v) is 8.87. The largest absolute Gasteiger partial charge is 0.481 e. The Morgan fingerprint density at radius 2 is 2.31 bits per heavy atom. The van der Waals surface area contributed by atoms with E-state index in [-0.39, 0.29) is 6.42 Å². The molecule has 6 nitrogen and oxygen atoms in total. The van der Waals surface area contributed by atoms with Crippen molar-refractivity contribution < 1.29 is 9.90 Å². The smallest absolute Gasteiger partial charge is 0.303 e. The Labute approximate surface area is 92.2 Å². The summed E-state index contributed by atoms with van der Waals surface area (Å²) in [5.74, 6) is -0.0744. The average molecular weight is 220 g/mol. The first kappa shape index (κ1) is 10.4. The van der Waals surface area contributed by atoms with Gasteiger partial charge in [-0.2, -0.15) is 5.10 Å². The average Bonchev–Trinajstić information content (AvgIpc) is 2.83. The van der Waals surface area contributed by atoms with Crippen LogP contribution in [-0.2, 0) is 18.3 Å². The van der Waals surface area contributed by atoms with E-state index in [1.165, 1.54) is 0 Å². The van der Waals surface area contributed by atoms with Gasteiger partial charge in [-0.3, -0.25) is 4.79 Å². The second kappa shape index (κ2) is 4.18. The van der Waals surface area contributed by atoms with Crippen molar-refractivity contribution in [3.8, 4) is 5.82 Å². The maximum absolute atomic E-state index is 10.4. The van der Waals surface area contributed by atoms with Gasteiger partial charge < -0.3 is 9.67 Å². The molecule has 0 atom stereocenters. The third-order valence-corrected chi connectivity index (χ3v) is 2.19. The lowest BCUT2D eigenvalue weighted by Gasteiger charge is -1.93. The van der Waals surface area contributed by atoms with Crippen molar-refractivity contribution in [3.05, 3.63) is 30.5 Å². The summed E-state index contributed by atoms with van der Waals surface area (Å²) in [5, 5.41) is 12.7. The molecule has 0 radical (unpaired) electrons. The Balaban J connectivity index is 2.10. The maximum Gasteiger partial charge on any atom is 0.303 e. The van der Waals surface area contributed by atoms with Crippen LogP contribution in [0.5, 0.6) is 0 Å². The number of hydrogen-bond donors (Lipinski definition) is 1. The van der Waals surface area contributed by atoms with Gasteiger partial charge in [0.1, 0.15) is 0 Å².